The highest BCUT2D eigenvalue weighted by Gasteiger charge is 2.31. The number of nitrogens with one attached hydrogen (secondary N) is 1. The predicted molar refractivity (Wildman–Crippen MR) is 74.3 cm³/mol. The zero-order valence-electron chi connectivity index (χ0n) is 11.5. The molecule has 1 aliphatic rings. The summed E-state index contributed by atoms with van der Waals surface area (Å²) in [5.41, 5.74) is 3.35. The quantitative estimate of drug-likeness (QED) is 0.447. The Kier molecular flexibility index (Phi) is 4.52. The number of hydrazine groups is 1. The molecule has 1 fully saturated rings. The topological polar surface area (TPSA) is 91.6 Å². The molecule has 0 unspecified atom stereocenters. The smallest absolute Gasteiger partial charge is 0.312 e. The van der Waals surface area contributed by atoms with Crippen LogP contribution < -0.4 is 11.3 Å². The molecule has 108 valence electrons. The van der Waals surface area contributed by atoms with Gasteiger partial charge < -0.3 is 15.2 Å². The van der Waals surface area contributed by atoms with E-state index in [1.54, 1.807) is 28.1 Å². The number of piperazine rings is 1. The van der Waals surface area contributed by atoms with Crippen molar-refractivity contribution in [3.8, 4) is 0 Å². The second kappa shape index (κ2) is 6.33. The van der Waals surface area contributed by atoms with Crippen LogP contribution in [0.2, 0.25) is 0 Å². The van der Waals surface area contributed by atoms with Gasteiger partial charge in [-0.1, -0.05) is 6.92 Å². The summed E-state index contributed by atoms with van der Waals surface area (Å²) in [6.45, 7) is 4.16. The zero-order chi connectivity index (χ0) is 14.5. The Hall–Kier alpha value is -2.15. The van der Waals surface area contributed by atoms with Crippen LogP contribution in [0.1, 0.15) is 18.9 Å². The number of aromatic nitrogens is 1. The van der Waals surface area contributed by atoms with E-state index in [0.717, 1.165) is 12.0 Å². The predicted octanol–water partition coefficient (Wildman–Crippen LogP) is -0.0520. The van der Waals surface area contributed by atoms with E-state index in [1.165, 1.54) is 0 Å². The van der Waals surface area contributed by atoms with Gasteiger partial charge in [-0.15, -0.1) is 0 Å². The first-order chi connectivity index (χ1) is 9.65. The van der Waals surface area contributed by atoms with E-state index >= 15 is 0 Å². The molecule has 3 N–H and O–H groups in total. The van der Waals surface area contributed by atoms with E-state index in [0.29, 0.717) is 32.0 Å². The number of carbonyl (C=O) groups is 2. The van der Waals surface area contributed by atoms with Crippen molar-refractivity contribution in [3.05, 3.63) is 23.9 Å². The molecule has 7 nitrogen and oxygen atoms in total. The summed E-state index contributed by atoms with van der Waals surface area (Å²) in [6.07, 6.45) is 2.47. The number of amides is 2. The molecule has 2 heterocycles. The molecular weight excluding hydrogens is 258 g/mol. The van der Waals surface area contributed by atoms with Crippen LogP contribution in [0.5, 0.6) is 0 Å². The van der Waals surface area contributed by atoms with Crippen molar-refractivity contribution < 1.29 is 9.59 Å². The lowest BCUT2D eigenvalue weighted by atomic mass is 10.2. The highest BCUT2D eigenvalue weighted by Crippen LogP contribution is 2.12. The van der Waals surface area contributed by atoms with E-state index < -0.39 is 11.8 Å². The van der Waals surface area contributed by atoms with Gasteiger partial charge in [0.1, 0.15) is 5.82 Å². The molecule has 1 saturated heterocycles. The molecule has 7 heteroatoms. The van der Waals surface area contributed by atoms with Crippen LogP contribution in [0.4, 0.5) is 5.82 Å². The number of rotatable bonds is 5. The zero-order valence-corrected chi connectivity index (χ0v) is 11.5. The minimum atomic E-state index is -0.441. The Morgan fingerprint density at radius 3 is 2.70 bits per heavy atom. The number of nitrogens with zero attached hydrogens (tertiary/aromatic N) is 3. The summed E-state index contributed by atoms with van der Waals surface area (Å²) in [6, 6.07) is 3.56. The van der Waals surface area contributed by atoms with Crippen molar-refractivity contribution in [2.75, 3.05) is 25.1 Å². The first-order valence-corrected chi connectivity index (χ1v) is 6.65. The fourth-order valence-electron chi connectivity index (χ4n) is 2.22. The molecule has 0 aliphatic carbocycles. The Labute approximate surface area is 117 Å². The number of nitrogens with two attached hydrogens (primary N) is 1. The largest absolute Gasteiger partial charge is 0.333 e. The molecule has 1 aromatic heterocycles. The highest BCUT2D eigenvalue weighted by molar-refractivity contribution is 6.35. The molecule has 0 atom stereocenters. The monoisotopic (exact) mass is 277 g/mol. The fraction of sp³-hybridized carbons (Fsp3) is 0.462. The molecule has 1 aliphatic heterocycles. The maximum absolute atomic E-state index is 12.0. The van der Waals surface area contributed by atoms with Crippen molar-refractivity contribution >= 4 is 17.6 Å². The third kappa shape index (κ3) is 3.05. The number of hydrogen-bond donors (Lipinski definition) is 2. The molecule has 0 saturated carbocycles. The minimum absolute atomic E-state index is 0.391. The van der Waals surface area contributed by atoms with Gasteiger partial charge in [0.2, 0.25) is 0 Å². The maximum Gasteiger partial charge on any atom is 0.312 e. The van der Waals surface area contributed by atoms with Crippen LogP contribution in [0.25, 0.3) is 0 Å². The summed E-state index contributed by atoms with van der Waals surface area (Å²) in [5.74, 6) is 4.98. The van der Waals surface area contributed by atoms with Gasteiger partial charge in [-0.25, -0.2) is 10.8 Å². The van der Waals surface area contributed by atoms with Gasteiger partial charge >= 0.3 is 11.8 Å². The van der Waals surface area contributed by atoms with Gasteiger partial charge in [0.25, 0.3) is 0 Å². The molecule has 0 aromatic carbocycles. The van der Waals surface area contributed by atoms with Crippen LogP contribution in [0, 0.1) is 0 Å². The minimum Gasteiger partial charge on any atom is -0.333 e. The highest BCUT2D eigenvalue weighted by atomic mass is 16.2. The van der Waals surface area contributed by atoms with E-state index in [2.05, 4.69) is 10.4 Å². The van der Waals surface area contributed by atoms with E-state index in [9.17, 15) is 9.59 Å². The average Bonchev–Trinajstić information content (AvgIpc) is 2.47. The number of pyridine rings is 1. The summed E-state index contributed by atoms with van der Waals surface area (Å²) >= 11 is 0. The summed E-state index contributed by atoms with van der Waals surface area (Å²) in [4.78, 5) is 31.2. The molecule has 0 bridgehead atoms. The summed E-state index contributed by atoms with van der Waals surface area (Å²) in [5, 5.41) is 0. The second-order valence-electron chi connectivity index (χ2n) is 4.71. The van der Waals surface area contributed by atoms with E-state index in [1.807, 2.05) is 6.92 Å². The van der Waals surface area contributed by atoms with Crippen molar-refractivity contribution in [2.24, 2.45) is 5.84 Å². The van der Waals surface area contributed by atoms with Gasteiger partial charge in [0.05, 0.1) is 0 Å². The molecule has 2 rings (SSSR count). The number of nitrogen functional groups attached to an aromatic ring is 1. The average molecular weight is 277 g/mol. The fourth-order valence-corrected chi connectivity index (χ4v) is 2.22. The maximum atomic E-state index is 12.0. The third-order valence-electron chi connectivity index (χ3n) is 3.24. The molecular formula is C13H19N5O2. The van der Waals surface area contributed by atoms with Gasteiger partial charge in [-0.3, -0.25) is 9.59 Å². The van der Waals surface area contributed by atoms with Gasteiger partial charge in [0.15, 0.2) is 0 Å². The van der Waals surface area contributed by atoms with E-state index in [4.69, 9.17) is 5.84 Å². The van der Waals surface area contributed by atoms with Crippen LogP contribution in [0.15, 0.2) is 18.3 Å². The van der Waals surface area contributed by atoms with Crippen molar-refractivity contribution in [1.29, 1.82) is 0 Å². The standard InChI is InChI=1S/C13H19N5O2/c1-2-5-17-6-7-18(13(20)12(17)19)9-10-3-4-15-11(8-10)16-14/h3-4,8H,2,5-7,9,14H2,1H3,(H,15,16). The third-order valence-corrected chi connectivity index (χ3v) is 3.24. The van der Waals surface area contributed by atoms with Gasteiger partial charge in [-0.05, 0) is 24.1 Å². The van der Waals surface area contributed by atoms with Crippen LogP contribution in [-0.4, -0.2) is 46.2 Å². The molecule has 0 spiro atoms. The van der Waals surface area contributed by atoms with Gasteiger partial charge in [-0.2, -0.15) is 0 Å². The summed E-state index contributed by atoms with van der Waals surface area (Å²) < 4.78 is 0. The Bertz CT molecular complexity index is 505. The molecule has 20 heavy (non-hydrogen) atoms. The number of carbonyl (C=O) groups excluding carboxylic acids is 2. The Morgan fingerprint density at radius 2 is 2.00 bits per heavy atom. The van der Waals surface area contributed by atoms with Crippen molar-refractivity contribution in [1.82, 2.24) is 14.8 Å². The van der Waals surface area contributed by atoms with Crippen LogP contribution in [-0.2, 0) is 16.1 Å². The molecule has 2 amide bonds. The van der Waals surface area contributed by atoms with Crippen LogP contribution in [0.3, 0.4) is 0 Å². The van der Waals surface area contributed by atoms with Crippen LogP contribution >= 0.6 is 0 Å². The summed E-state index contributed by atoms with van der Waals surface area (Å²) in [7, 11) is 0. The van der Waals surface area contributed by atoms with E-state index in [-0.39, 0.29) is 0 Å². The van der Waals surface area contributed by atoms with Crippen molar-refractivity contribution in [3.63, 3.8) is 0 Å². The first-order valence-electron chi connectivity index (χ1n) is 6.65. The molecule has 0 radical (unpaired) electrons. The number of anilines is 1. The van der Waals surface area contributed by atoms with Crippen molar-refractivity contribution in [2.45, 2.75) is 19.9 Å². The first kappa shape index (κ1) is 14.3. The van der Waals surface area contributed by atoms with Gasteiger partial charge in [0, 0.05) is 32.4 Å². The number of hydrogen-bond acceptors (Lipinski definition) is 5. The lowest BCUT2D eigenvalue weighted by Crippen LogP contribution is -2.53. The lowest BCUT2D eigenvalue weighted by Gasteiger charge is -2.33. The second-order valence-corrected chi connectivity index (χ2v) is 4.71. The lowest BCUT2D eigenvalue weighted by molar-refractivity contribution is -0.156. The normalized spacial score (nSPS) is 15.7. The molecule has 1 aromatic rings. The Balaban J connectivity index is 2.03. The SMILES string of the molecule is CCCN1CCN(Cc2ccnc(NN)c2)C(=O)C1=O. The Morgan fingerprint density at radius 1 is 1.30 bits per heavy atom.